The van der Waals surface area contributed by atoms with E-state index >= 15 is 0 Å². The van der Waals surface area contributed by atoms with Gasteiger partial charge in [0.1, 0.15) is 0 Å². The van der Waals surface area contributed by atoms with E-state index in [2.05, 4.69) is 0 Å². The minimum absolute atomic E-state index is 0. The van der Waals surface area contributed by atoms with Gasteiger partial charge in [0.15, 0.2) is 17.4 Å². The van der Waals surface area contributed by atoms with E-state index in [9.17, 15) is 0 Å². The van der Waals surface area contributed by atoms with E-state index < -0.39 is 13.6 Å². The van der Waals surface area contributed by atoms with Gasteiger partial charge in [0.05, 0.1) is 0 Å². The third-order valence-electron chi connectivity index (χ3n) is 0. The van der Waals surface area contributed by atoms with Gasteiger partial charge in [0.25, 0.3) is 0 Å². The van der Waals surface area contributed by atoms with E-state index in [0.717, 1.165) is 0 Å². The summed E-state index contributed by atoms with van der Waals surface area (Å²) in [5.74, 6) is 0. The predicted molar refractivity (Wildman–Crippen MR) is 24.3 cm³/mol. The van der Waals surface area contributed by atoms with Gasteiger partial charge >= 0.3 is 56.8 Å². The van der Waals surface area contributed by atoms with Gasteiger partial charge in [-0.3, -0.25) is 0 Å². The summed E-state index contributed by atoms with van der Waals surface area (Å²) >= 11 is -5.25. The molecular formula is H7AlCrO4Pb. The fourth-order valence-corrected chi connectivity index (χ4v) is 0. The van der Waals surface area contributed by atoms with E-state index in [4.69, 9.17) is 15.9 Å². The first-order valence-corrected chi connectivity index (χ1v) is 2.88. The summed E-state index contributed by atoms with van der Waals surface area (Å²) in [6.45, 7) is 0. The Morgan fingerprint density at radius 2 is 1.14 bits per heavy atom. The Bertz CT molecular complexity index is 94.9. The second-order valence-electron chi connectivity index (χ2n) is 0.448. The molecule has 0 aromatic heterocycles. The van der Waals surface area contributed by atoms with Crippen LogP contribution in [0.5, 0.6) is 0 Å². The molecule has 2 radical (unpaired) electrons. The summed E-state index contributed by atoms with van der Waals surface area (Å²) in [5, 5.41) is 0. The van der Waals surface area contributed by atoms with E-state index in [1.54, 1.807) is 0 Å². The molecule has 4 nitrogen and oxygen atoms in total. The molecule has 0 aromatic rings. The van der Waals surface area contributed by atoms with Crippen LogP contribution in [0.3, 0.4) is 0 Å². The summed E-state index contributed by atoms with van der Waals surface area (Å²) in [6.07, 6.45) is 0. The molecule has 0 saturated carbocycles. The second kappa shape index (κ2) is 5.64. The molecule has 7 heteroatoms. The zero-order valence-electron chi connectivity index (χ0n) is 2.83. The Balaban J connectivity index is -0.0000000800. The second-order valence-corrected chi connectivity index (χ2v) is 1.85. The molecule has 44 valence electrons. The van der Waals surface area contributed by atoms with Crippen molar-refractivity contribution in [1.29, 1.82) is 0 Å². The van der Waals surface area contributed by atoms with Crippen LogP contribution in [0.1, 0.15) is 0 Å². The third kappa shape index (κ3) is 100. The van der Waals surface area contributed by atoms with Gasteiger partial charge in [-0.05, 0) is 0 Å². The first kappa shape index (κ1) is 15.8. The van der Waals surface area contributed by atoms with Crippen LogP contribution in [0, 0.1) is 0 Å². The van der Waals surface area contributed by atoms with Crippen molar-refractivity contribution in [3.8, 4) is 0 Å². The predicted octanol–water partition coefficient (Wildman–Crippen LogP) is -3.45. The van der Waals surface area contributed by atoms with Crippen LogP contribution in [-0.4, -0.2) is 53.0 Å². The van der Waals surface area contributed by atoms with Crippen LogP contribution in [0.15, 0.2) is 0 Å². The van der Waals surface area contributed by atoms with E-state index in [1.807, 2.05) is 0 Å². The molecule has 0 aromatic carbocycles. The molecule has 0 rings (SSSR count). The number of rotatable bonds is 0. The summed E-state index contributed by atoms with van der Waals surface area (Å²) in [5.41, 5.74) is 0. The fraction of sp³-hybridized carbons (Fsp3) is 0. The SMILES string of the molecule is [AlH3].[O]=[Cr](=[O])([OH])[OH].[PbH2]. The summed E-state index contributed by atoms with van der Waals surface area (Å²) in [4.78, 5) is 0. The molecule has 0 amide bonds. The van der Waals surface area contributed by atoms with Gasteiger partial charge < -0.3 is 0 Å². The van der Waals surface area contributed by atoms with Crippen molar-refractivity contribution in [1.82, 2.24) is 0 Å². The molecule has 0 aliphatic carbocycles. The third-order valence-corrected chi connectivity index (χ3v) is 0. The Labute approximate surface area is 73.6 Å². The molecule has 0 aliphatic rings. The maximum atomic E-state index is 8.82. The molecule has 0 bridgehead atoms. The maximum absolute atomic E-state index is 8.82. The molecule has 7 heavy (non-hydrogen) atoms. The number of hydrogen-bond donors (Lipinski definition) is 2. The fourth-order valence-electron chi connectivity index (χ4n) is 0. The molecule has 0 atom stereocenters. The van der Waals surface area contributed by atoms with Crippen molar-refractivity contribution in [3.63, 3.8) is 0 Å². The molecule has 0 unspecified atom stereocenters. The van der Waals surface area contributed by atoms with Crippen LogP contribution in [0.25, 0.3) is 0 Å². The van der Waals surface area contributed by atoms with Crippen molar-refractivity contribution in [2.75, 3.05) is 0 Å². The summed E-state index contributed by atoms with van der Waals surface area (Å²) < 4.78 is 31.9. The van der Waals surface area contributed by atoms with E-state index in [1.165, 1.54) is 0 Å². The molecule has 0 saturated heterocycles. The van der Waals surface area contributed by atoms with Crippen LogP contribution < -0.4 is 0 Å². The van der Waals surface area contributed by atoms with Crippen molar-refractivity contribution in [3.05, 3.63) is 0 Å². The molecule has 0 spiro atoms. The molecule has 2 N–H and O–H groups in total. The van der Waals surface area contributed by atoms with Gasteiger partial charge in [-0.15, -0.1) is 0 Å². The first-order valence-electron chi connectivity index (χ1n) is 0.698. The van der Waals surface area contributed by atoms with Crippen LogP contribution in [-0.2, 0) is 21.2 Å². The summed E-state index contributed by atoms with van der Waals surface area (Å²) in [6, 6.07) is 0. The Morgan fingerprint density at radius 1 is 1.14 bits per heavy atom. The average Bonchev–Trinajstić information content (AvgIpc) is 0.722. The zero-order valence-corrected chi connectivity index (χ0v) is 9.60. The molecule has 0 aliphatic heterocycles. The zero-order chi connectivity index (χ0) is 4.50. The van der Waals surface area contributed by atoms with Crippen molar-refractivity contribution < 1.29 is 29.5 Å². The Morgan fingerprint density at radius 3 is 1.14 bits per heavy atom. The van der Waals surface area contributed by atoms with E-state index in [0.29, 0.717) is 0 Å². The Hall–Kier alpha value is 1.51. The topological polar surface area (TPSA) is 74.6 Å². The van der Waals surface area contributed by atoms with Crippen LogP contribution >= 0.6 is 0 Å². The minimum atomic E-state index is -5.25. The van der Waals surface area contributed by atoms with Crippen molar-refractivity contribution in [2.24, 2.45) is 0 Å². The van der Waals surface area contributed by atoms with Crippen molar-refractivity contribution in [2.45, 2.75) is 0 Å². The Kier molecular flexibility index (Phi) is 12.7. The van der Waals surface area contributed by atoms with Gasteiger partial charge in [0, 0.05) is 0 Å². The van der Waals surface area contributed by atoms with Gasteiger partial charge in [-0.2, -0.15) is 0 Å². The quantitative estimate of drug-likeness (QED) is 0.442. The van der Waals surface area contributed by atoms with Crippen LogP contribution in [0.2, 0.25) is 0 Å². The van der Waals surface area contributed by atoms with Crippen LogP contribution in [0.4, 0.5) is 0 Å². The normalized spacial score (nSPS) is 8.29. The first-order chi connectivity index (χ1) is 2.00. The number of hydrogen-bond acceptors (Lipinski definition) is 2. The monoisotopic (exact) mass is 358 g/mol. The molecular weight excluding hydrogens is 350 g/mol. The standard InChI is InChI=1S/Al.Cr.2H2O.2O.Pb.5H/h;;2*1H2;;;;;;;;/q;+2;;;;;;;;;;/p-2. The van der Waals surface area contributed by atoms with E-state index in [-0.39, 0.29) is 44.7 Å². The van der Waals surface area contributed by atoms with Gasteiger partial charge in [-0.25, -0.2) is 0 Å². The molecule has 0 fully saturated rings. The van der Waals surface area contributed by atoms with Gasteiger partial charge in [0.2, 0.25) is 0 Å². The van der Waals surface area contributed by atoms with Gasteiger partial charge in [-0.1, -0.05) is 0 Å². The molecule has 0 heterocycles. The summed E-state index contributed by atoms with van der Waals surface area (Å²) in [7, 11) is 0. The van der Waals surface area contributed by atoms with Crippen molar-refractivity contribution >= 4 is 44.7 Å². The average molecular weight is 357 g/mol.